The molecule has 0 bridgehead atoms. The molecular formula is C13H18N4S. The van der Waals surface area contributed by atoms with Crippen LogP contribution in [0.5, 0.6) is 0 Å². The van der Waals surface area contributed by atoms with Crippen LogP contribution in [0, 0.1) is 13.8 Å². The average Bonchev–Trinajstić information content (AvgIpc) is 2.73. The molecule has 3 N–H and O–H groups in total. The zero-order valence-electron chi connectivity index (χ0n) is 10.8. The maximum atomic E-state index is 6.07. The van der Waals surface area contributed by atoms with Gasteiger partial charge in [0.1, 0.15) is 5.82 Å². The number of hydrogen-bond acceptors (Lipinski definition) is 4. The number of H-pyrrole nitrogens is 1. The number of aromatic nitrogens is 3. The molecule has 0 fully saturated rings. The molecule has 0 aliphatic rings. The molecule has 2 unspecified atom stereocenters. The quantitative estimate of drug-likeness (QED) is 0.831. The van der Waals surface area contributed by atoms with Gasteiger partial charge in [0.05, 0.1) is 5.25 Å². The molecule has 96 valence electrons. The van der Waals surface area contributed by atoms with Gasteiger partial charge in [0.2, 0.25) is 5.16 Å². The normalized spacial score (nSPS) is 14.4. The highest BCUT2D eigenvalue weighted by Crippen LogP contribution is 2.35. The standard InChI is InChI=1S/C13H18N4S/c1-8-4-6-11(7-5-8)12(9(2)14)18-13-15-10(3)16-17-13/h4-7,9,12H,14H2,1-3H3,(H,15,16,17). The molecule has 1 heterocycles. The second kappa shape index (κ2) is 5.54. The predicted octanol–water partition coefficient (Wildman–Crippen LogP) is 2.60. The SMILES string of the molecule is Cc1ccc(C(Sc2n[nH]c(C)n2)C(C)N)cc1. The Bertz CT molecular complexity index is 504. The van der Waals surface area contributed by atoms with Gasteiger partial charge in [-0.05, 0) is 26.3 Å². The smallest absolute Gasteiger partial charge is 0.209 e. The van der Waals surface area contributed by atoms with Crippen LogP contribution in [0.4, 0.5) is 0 Å². The first-order chi connectivity index (χ1) is 8.56. The maximum absolute atomic E-state index is 6.07. The highest BCUT2D eigenvalue weighted by Gasteiger charge is 2.19. The van der Waals surface area contributed by atoms with Gasteiger partial charge in [-0.1, -0.05) is 41.6 Å². The zero-order valence-corrected chi connectivity index (χ0v) is 11.7. The van der Waals surface area contributed by atoms with Crippen molar-refractivity contribution in [1.29, 1.82) is 0 Å². The fourth-order valence-electron chi connectivity index (χ4n) is 1.72. The van der Waals surface area contributed by atoms with Gasteiger partial charge in [-0.15, -0.1) is 5.10 Å². The summed E-state index contributed by atoms with van der Waals surface area (Å²) in [4.78, 5) is 4.32. The van der Waals surface area contributed by atoms with Gasteiger partial charge >= 0.3 is 0 Å². The summed E-state index contributed by atoms with van der Waals surface area (Å²) in [6, 6.07) is 8.49. The van der Waals surface area contributed by atoms with Crippen LogP contribution >= 0.6 is 11.8 Å². The van der Waals surface area contributed by atoms with E-state index >= 15 is 0 Å². The number of nitrogens with zero attached hydrogens (tertiary/aromatic N) is 2. The van der Waals surface area contributed by atoms with Crippen LogP contribution in [0.25, 0.3) is 0 Å². The Morgan fingerprint density at radius 2 is 1.89 bits per heavy atom. The summed E-state index contributed by atoms with van der Waals surface area (Å²) in [5.41, 5.74) is 8.54. The molecule has 2 rings (SSSR count). The van der Waals surface area contributed by atoms with E-state index in [-0.39, 0.29) is 11.3 Å². The van der Waals surface area contributed by atoms with Gasteiger partial charge in [0.25, 0.3) is 0 Å². The van der Waals surface area contributed by atoms with Crippen molar-refractivity contribution in [3.8, 4) is 0 Å². The topological polar surface area (TPSA) is 67.6 Å². The van der Waals surface area contributed by atoms with Gasteiger partial charge < -0.3 is 5.73 Å². The van der Waals surface area contributed by atoms with Crippen molar-refractivity contribution < 1.29 is 0 Å². The van der Waals surface area contributed by atoms with Crippen LogP contribution in [0.1, 0.15) is 29.1 Å². The van der Waals surface area contributed by atoms with E-state index < -0.39 is 0 Å². The first-order valence-electron chi connectivity index (χ1n) is 5.94. The first kappa shape index (κ1) is 13.1. The molecule has 0 spiro atoms. The molecule has 4 nitrogen and oxygen atoms in total. The van der Waals surface area contributed by atoms with E-state index in [1.165, 1.54) is 11.1 Å². The summed E-state index contributed by atoms with van der Waals surface area (Å²) in [6.07, 6.45) is 0. The lowest BCUT2D eigenvalue weighted by Gasteiger charge is -2.19. The minimum Gasteiger partial charge on any atom is -0.327 e. The third kappa shape index (κ3) is 3.11. The summed E-state index contributed by atoms with van der Waals surface area (Å²) in [6.45, 7) is 5.98. The molecule has 5 heteroatoms. The second-order valence-electron chi connectivity index (χ2n) is 4.51. The lowest BCUT2D eigenvalue weighted by Crippen LogP contribution is -2.22. The Balaban J connectivity index is 2.20. The van der Waals surface area contributed by atoms with Crippen molar-refractivity contribution >= 4 is 11.8 Å². The zero-order chi connectivity index (χ0) is 13.1. The number of nitrogens with two attached hydrogens (primary N) is 1. The van der Waals surface area contributed by atoms with Crippen molar-refractivity contribution in [1.82, 2.24) is 15.2 Å². The third-order valence-electron chi connectivity index (χ3n) is 2.69. The monoisotopic (exact) mass is 262 g/mol. The van der Waals surface area contributed by atoms with Crippen LogP contribution in [0.3, 0.4) is 0 Å². The predicted molar refractivity (Wildman–Crippen MR) is 74.5 cm³/mol. The molecule has 18 heavy (non-hydrogen) atoms. The van der Waals surface area contributed by atoms with Crippen LogP contribution in [0.15, 0.2) is 29.4 Å². The fraction of sp³-hybridized carbons (Fsp3) is 0.385. The minimum atomic E-state index is 0.0384. The van der Waals surface area contributed by atoms with Gasteiger partial charge in [-0.2, -0.15) is 0 Å². The Labute approximate surface area is 111 Å². The largest absolute Gasteiger partial charge is 0.327 e. The lowest BCUT2D eigenvalue weighted by atomic mass is 10.1. The summed E-state index contributed by atoms with van der Waals surface area (Å²) >= 11 is 1.60. The van der Waals surface area contributed by atoms with E-state index in [0.29, 0.717) is 0 Å². The summed E-state index contributed by atoms with van der Waals surface area (Å²) in [7, 11) is 0. The summed E-state index contributed by atoms with van der Waals surface area (Å²) in [5.74, 6) is 0.824. The highest BCUT2D eigenvalue weighted by molar-refractivity contribution is 7.99. The highest BCUT2D eigenvalue weighted by atomic mass is 32.2. The third-order valence-corrected chi connectivity index (χ3v) is 4.04. The number of aromatic amines is 1. The molecule has 1 aromatic carbocycles. The molecule has 0 radical (unpaired) electrons. The van der Waals surface area contributed by atoms with E-state index in [4.69, 9.17) is 5.73 Å². The number of rotatable bonds is 4. The molecule has 0 aliphatic heterocycles. The number of hydrogen-bond donors (Lipinski definition) is 2. The Morgan fingerprint density at radius 3 is 2.39 bits per heavy atom. The molecule has 0 amide bonds. The van der Waals surface area contributed by atoms with Crippen molar-refractivity contribution in [2.24, 2.45) is 5.73 Å². The maximum Gasteiger partial charge on any atom is 0.209 e. The Morgan fingerprint density at radius 1 is 1.22 bits per heavy atom. The van der Waals surface area contributed by atoms with Gasteiger partial charge in [0, 0.05) is 6.04 Å². The Kier molecular flexibility index (Phi) is 4.04. The minimum absolute atomic E-state index is 0.0384. The van der Waals surface area contributed by atoms with Gasteiger partial charge in [0.15, 0.2) is 0 Å². The van der Waals surface area contributed by atoms with E-state index in [0.717, 1.165) is 11.0 Å². The van der Waals surface area contributed by atoms with Gasteiger partial charge in [-0.25, -0.2) is 4.98 Å². The second-order valence-corrected chi connectivity index (χ2v) is 5.62. The molecule has 2 atom stereocenters. The average molecular weight is 262 g/mol. The number of benzene rings is 1. The van der Waals surface area contributed by atoms with E-state index in [2.05, 4.69) is 46.4 Å². The van der Waals surface area contributed by atoms with Crippen molar-refractivity contribution in [3.05, 3.63) is 41.2 Å². The summed E-state index contributed by atoms with van der Waals surface area (Å²) < 4.78 is 0. The lowest BCUT2D eigenvalue weighted by molar-refractivity contribution is 0.718. The molecular weight excluding hydrogens is 244 g/mol. The molecule has 0 saturated heterocycles. The number of aryl methyl sites for hydroxylation is 2. The molecule has 1 aromatic heterocycles. The van der Waals surface area contributed by atoms with Crippen LogP contribution in [-0.2, 0) is 0 Å². The Hall–Kier alpha value is -1.33. The van der Waals surface area contributed by atoms with E-state index in [1.807, 2.05) is 13.8 Å². The number of nitrogens with one attached hydrogen (secondary N) is 1. The number of thioether (sulfide) groups is 1. The molecule has 0 aliphatic carbocycles. The van der Waals surface area contributed by atoms with E-state index in [1.54, 1.807) is 11.8 Å². The van der Waals surface area contributed by atoms with Crippen LogP contribution in [-0.4, -0.2) is 21.2 Å². The van der Waals surface area contributed by atoms with Crippen molar-refractivity contribution in [2.45, 2.75) is 37.2 Å². The first-order valence-corrected chi connectivity index (χ1v) is 6.82. The molecule has 2 aromatic rings. The van der Waals surface area contributed by atoms with Crippen LogP contribution in [0.2, 0.25) is 0 Å². The van der Waals surface area contributed by atoms with Crippen molar-refractivity contribution in [2.75, 3.05) is 0 Å². The molecule has 0 saturated carbocycles. The van der Waals surface area contributed by atoms with Gasteiger partial charge in [-0.3, -0.25) is 5.10 Å². The van der Waals surface area contributed by atoms with E-state index in [9.17, 15) is 0 Å². The fourth-order valence-corrected chi connectivity index (χ4v) is 2.75. The van der Waals surface area contributed by atoms with Crippen molar-refractivity contribution in [3.63, 3.8) is 0 Å². The van der Waals surface area contributed by atoms with Crippen LogP contribution < -0.4 is 5.73 Å². The summed E-state index contributed by atoms with van der Waals surface area (Å²) in [5, 5.41) is 7.92.